The van der Waals surface area contributed by atoms with E-state index in [0.717, 1.165) is 20.9 Å². The average molecular weight is 462 g/mol. The number of para-hydroxylation sites is 1. The van der Waals surface area contributed by atoms with Crippen molar-refractivity contribution in [3.8, 4) is 11.8 Å². The maximum absolute atomic E-state index is 9.53. The van der Waals surface area contributed by atoms with Crippen molar-refractivity contribution < 1.29 is 24.1 Å². The van der Waals surface area contributed by atoms with Crippen LogP contribution >= 0.6 is 0 Å². The fraction of sp³-hybridized carbons (Fsp3) is 0.222. The minimum atomic E-state index is -0.769. The monoisotopic (exact) mass is 462 g/mol. The van der Waals surface area contributed by atoms with Crippen molar-refractivity contribution in [3.63, 3.8) is 0 Å². The first-order valence-corrected chi connectivity index (χ1v) is 8.48. The molecule has 1 unspecified atom stereocenters. The van der Waals surface area contributed by atoms with Crippen LogP contribution in [0.5, 0.6) is 5.75 Å². The van der Waals surface area contributed by atoms with E-state index in [1.165, 1.54) is 19.4 Å². The molecule has 2 aromatic rings. The molecule has 112 valence electrons. The third kappa shape index (κ3) is 4.37. The second-order valence-electron chi connectivity index (χ2n) is 5.32. The third-order valence-electron chi connectivity index (χ3n) is 3.28. The first-order chi connectivity index (χ1) is 10.5. The van der Waals surface area contributed by atoms with E-state index in [2.05, 4.69) is 11.4 Å². The van der Waals surface area contributed by atoms with Gasteiger partial charge in [-0.25, -0.2) is 0 Å². The van der Waals surface area contributed by atoms with Crippen LogP contribution in [0.15, 0.2) is 54.6 Å². The Hall–Kier alpha value is -1.75. The summed E-state index contributed by atoms with van der Waals surface area (Å²) in [7, 11) is 0. The molecule has 0 saturated carbocycles. The Morgan fingerprint density at radius 1 is 1.18 bits per heavy atom. The quantitative estimate of drug-likeness (QED) is 0.719. The van der Waals surface area contributed by atoms with Crippen LogP contribution in [-0.4, -0.2) is 16.2 Å². The van der Waals surface area contributed by atoms with Gasteiger partial charge in [-0.15, -0.1) is 0 Å². The summed E-state index contributed by atoms with van der Waals surface area (Å²) in [5, 5.41) is 12.8. The molecule has 0 aliphatic rings. The summed E-state index contributed by atoms with van der Waals surface area (Å²) in [5.41, 5.74) is 1.40. The average Bonchev–Trinajstić information content (AvgIpc) is 2.55. The second-order valence-corrected chi connectivity index (χ2v) is 6.78. The van der Waals surface area contributed by atoms with E-state index >= 15 is 0 Å². The van der Waals surface area contributed by atoms with Crippen molar-refractivity contribution >= 4 is 4.02 Å². The van der Waals surface area contributed by atoms with Crippen molar-refractivity contribution in [1.29, 1.82) is 5.26 Å². The van der Waals surface area contributed by atoms with E-state index in [-0.39, 0.29) is 6.61 Å². The van der Waals surface area contributed by atoms with Crippen LogP contribution in [0, 0.1) is 18.3 Å². The van der Waals surface area contributed by atoms with Gasteiger partial charge < -0.3 is 0 Å². The van der Waals surface area contributed by atoms with Crippen molar-refractivity contribution in [3.05, 3.63) is 65.7 Å². The van der Waals surface area contributed by atoms with Gasteiger partial charge in [-0.2, -0.15) is 0 Å². The van der Waals surface area contributed by atoms with Crippen LogP contribution in [-0.2, 0) is 19.4 Å². The van der Waals surface area contributed by atoms with Crippen LogP contribution in [0.1, 0.15) is 18.1 Å². The van der Waals surface area contributed by atoms with Gasteiger partial charge in [0.15, 0.2) is 0 Å². The van der Waals surface area contributed by atoms with Crippen molar-refractivity contribution in [2.45, 2.75) is 19.4 Å². The predicted octanol–water partition coefficient (Wildman–Crippen LogP) is 2.97. The van der Waals surface area contributed by atoms with E-state index in [9.17, 15) is 5.26 Å². The summed E-state index contributed by atoms with van der Waals surface area (Å²) in [5.74, 6) is 0.815. The van der Waals surface area contributed by atoms with Gasteiger partial charge in [0.1, 0.15) is 0 Å². The molecule has 0 aliphatic heterocycles. The summed E-state index contributed by atoms with van der Waals surface area (Å²) in [6, 6.07) is 20.2. The van der Waals surface area contributed by atoms with Gasteiger partial charge in [-0.3, -0.25) is 0 Å². The molecule has 0 aromatic heterocycles. The SMILES string of the molecule is Cc1ccccc1OCC(C)(C#N)N[C](=[W])c1ccccc1. The molecular formula is C18H18N2OW. The molecule has 1 atom stereocenters. The molecule has 4 heteroatoms. The molecule has 0 heterocycles. The van der Waals surface area contributed by atoms with Crippen molar-refractivity contribution in [2.75, 3.05) is 6.61 Å². The first kappa shape index (κ1) is 16.6. The molecular weight excluding hydrogens is 444 g/mol. The van der Waals surface area contributed by atoms with Crippen molar-refractivity contribution in [1.82, 2.24) is 5.32 Å². The zero-order chi connectivity index (χ0) is 16.0. The molecule has 0 radical (unpaired) electrons. The molecule has 3 nitrogen and oxygen atoms in total. The second kappa shape index (κ2) is 7.49. The van der Waals surface area contributed by atoms with Crippen molar-refractivity contribution in [2.24, 2.45) is 0 Å². The number of nitrogens with one attached hydrogen (secondary N) is 1. The Morgan fingerprint density at radius 2 is 1.82 bits per heavy atom. The van der Waals surface area contributed by atoms with Crippen LogP contribution in [0.2, 0.25) is 0 Å². The topological polar surface area (TPSA) is 45.0 Å². The molecule has 2 aromatic carbocycles. The molecule has 0 aliphatic carbocycles. The van der Waals surface area contributed by atoms with Crippen LogP contribution in [0.25, 0.3) is 0 Å². The predicted molar refractivity (Wildman–Crippen MR) is 84.4 cm³/mol. The normalized spacial score (nSPS) is 13.0. The standard InChI is InChI=1S/C18H18N2O.W/c1-15-8-6-7-11-17(15)21-14-18(2,13-19)20-12-16-9-4-3-5-10-16;/h3-11,20H,14H2,1-2H3;. The Balaban J connectivity index is 2.05. The number of benzene rings is 2. The molecule has 1 N–H and O–H groups in total. The molecule has 0 saturated heterocycles. The molecule has 2 rings (SSSR count). The number of nitrogens with zero attached hydrogens (tertiary/aromatic N) is 1. The summed E-state index contributed by atoms with van der Waals surface area (Å²) in [4.78, 5) is 0. The fourth-order valence-electron chi connectivity index (χ4n) is 1.95. The van der Waals surface area contributed by atoms with Gasteiger partial charge in [0, 0.05) is 0 Å². The summed E-state index contributed by atoms with van der Waals surface area (Å²) < 4.78 is 6.88. The van der Waals surface area contributed by atoms with Gasteiger partial charge >= 0.3 is 142 Å². The minimum absolute atomic E-state index is 0.290. The number of aryl methyl sites for hydroxylation is 1. The van der Waals surface area contributed by atoms with Gasteiger partial charge in [0.25, 0.3) is 0 Å². The Bertz CT molecular complexity index is 694. The zero-order valence-electron chi connectivity index (χ0n) is 12.7. The Labute approximate surface area is 142 Å². The number of hydrogen-bond acceptors (Lipinski definition) is 3. The van der Waals surface area contributed by atoms with Crippen LogP contribution in [0.4, 0.5) is 0 Å². The summed E-state index contributed by atoms with van der Waals surface area (Å²) >= 11 is 1.29. The van der Waals surface area contributed by atoms with Crippen LogP contribution < -0.4 is 10.1 Å². The third-order valence-corrected chi connectivity index (χ3v) is 4.50. The van der Waals surface area contributed by atoms with Gasteiger partial charge in [0.2, 0.25) is 0 Å². The van der Waals surface area contributed by atoms with E-state index in [1.54, 1.807) is 0 Å². The van der Waals surface area contributed by atoms with E-state index in [4.69, 9.17) is 4.74 Å². The van der Waals surface area contributed by atoms with E-state index in [1.807, 2.05) is 68.4 Å². The number of rotatable bonds is 6. The Kier molecular flexibility index (Phi) is 5.66. The molecule has 0 bridgehead atoms. The Morgan fingerprint density at radius 3 is 2.45 bits per heavy atom. The molecule has 0 amide bonds. The van der Waals surface area contributed by atoms with Crippen LogP contribution in [0.3, 0.4) is 0 Å². The van der Waals surface area contributed by atoms with Gasteiger partial charge in [-0.1, -0.05) is 0 Å². The number of nitriles is 1. The first-order valence-electron chi connectivity index (χ1n) is 7.01. The molecule has 0 fully saturated rings. The van der Waals surface area contributed by atoms with Gasteiger partial charge in [0.05, 0.1) is 0 Å². The summed E-state index contributed by atoms with van der Waals surface area (Å²) in [6.07, 6.45) is 0. The fourth-order valence-corrected chi connectivity index (χ4v) is 3.25. The zero-order valence-corrected chi connectivity index (χ0v) is 15.6. The van der Waals surface area contributed by atoms with E-state index < -0.39 is 5.54 Å². The number of ether oxygens (including phenoxy) is 1. The maximum atomic E-state index is 9.53. The molecule has 0 spiro atoms. The number of hydrogen-bond donors (Lipinski definition) is 1. The van der Waals surface area contributed by atoms with Gasteiger partial charge in [-0.05, 0) is 0 Å². The molecule has 22 heavy (non-hydrogen) atoms. The summed E-state index contributed by atoms with van der Waals surface area (Å²) in [6.45, 7) is 4.15. The van der Waals surface area contributed by atoms with E-state index in [0.29, 0.717) is 0 Å².